The third kappa shape index (κ3) is 3.43. The van der Waals surface area contributed by atoms with Crippen LogP contribution in [0.4, 0.5) is 5.69 Å². The number of fused-ring (bicyclic) bond motifs is 1. The van der Waals surface area contributed by atoms with Crippen molar-refractivity contribution in [3.63, 3.8) is 0 Å². The van der Waals surface area contributed by atoms with Gasteiger partial charge in [0.25, 0.3) is 0 Å². The van der Waals surface area contributed by atoms with E-state index in [0.29, 0.717) is 13.1 Å². The van der Waals surface area contributed by atoms with Gasteiger partial charge in [-0.05, 0) is 26.0 Å². The molecule has 0 radical (unpaired) electrons. The van der Waals surface area contributed by atoms with Crippen molar-refractivity contribution in [3.8, 4) is 0 Å². The monoisotopic (exact) mass is 347 g/mol. The summed E-state index contributed by atoms with van der Waals surface area (Å²) in [7, 11) is -3.00. The number of rotatable bonds is 6. The van der Waals surface area contributed by atoms with Crippen molar-refractivity contribution in [2.24, 2.45) is 0 Å². The molecule has 0 unspecified atom stereocenters. The molecule has 0 fully saturated rings. The minimum Gasteiger partial charge on any atom is -0.380 e. The summed E-state index contributed by atoms with van der Waals surface area (Å²) in [4.78, 5) is 0. The van der Waals surface area contributed by atoms with Gasteiger partial charge in [-0.25, -0.2) is 8.42 Å². The van der Waals surface area contributed by atoms with Crippen molar-refractivity contribution < 1.29 is 8.42 Å². The zero-order valence-corrected chi connectivity index (χ0v) is 14.8. The summed E-state index contributed by atoms with van der Waals surface area (Å²) in [5.74, 6) is 0.0934. The van der Waals surface area contributed by atoms with Gasteiger partial charge in [0.15, 0.2) is 0 Å². The van der Waals surface area contributed by atoms with Crippen LogP contribution < -0.4 is 5.32 Å². The van der Waals surface area contributed by atoms with E-state index in [2.05, 4.69) is 20.6 Å². The SMILES string of the molecule is Cc1nn(CCS(C)(=O)=O)c(C)c1CNc1cccc2[nH]ncc12. The summed E-state index contributed by atoms with van der Waals surface area (Å²) in [6.07, 6.45) is 3.04. The Morgan fingerprint density at radius 3 is 2.83 bits per heavy atom. The molecule has 0 saturated carbocycles. The van der Waals surface area contributed by atoms with E-state index in [4.69, 9.17) is 0 Å². The summed E-state index contributed by atoms with van der Waals surface area (Å²) in [6, 6.07) is 5.96. The minimum absolute atomic E-state index is 0.0934. The Hall–Kier alpha value is -2.35. The van der Waals surface area contributed by atoms with Crippen LogP contribution in [0.2, 0.25) is 0 Å². The van der Waals surface area contributed by atoms with Gasteiger partial charge in [-0.15, -0.1) is 0 Å². The fourth-order valence-electron chi connectivity index (χ4n) is 2.77. The van der Waals surface area contributed by atoms with E-state index < -0.39 is 9.84 Å². The molecule has 0 atom stereocenters. The summed E-state index contributed by atoms with van der Waals surface area (Å²) >= 11 is 0. The summed E-state index contributed by atoms with van der Waals surface area (Å²) in [5, 5.41) is 16.0. The van der Waals surface area contributed by atoms with Crippen LogP contribution in [-0.2, 0) is 22.9 Å². The van der Waals surface area contributed by atoms with Crippen LogP contribution in [0.25, 0.3) is 10.9 Å². The van der Waals surface area contributed by atoms with Crippen LogP contribution >= 0.6 is 0 Å². The second-order valence-electron chi connectivity index (χ2n) is 5.99. The van der Waals surface area contributed by atoms with Gasteiger partial charge in [0.2, 0.25) is 0 Å². The average molecular weight is 347 g/mol. The molecule has 3 aromatic rings. The molecule has 0 bridgehead atoms. The molecule has 0 aliphatic heterocycles. The molecule has 0 aliphatic rings. The number of hydrogen-bond acceptors (Lipinski definition) is 5. The van der Waals surface area contributed by atoms with Gasteiger partial charge in [0.1, 0.15) is 9.84 Å². The van der Waals surface area contributed by atoms with Gasteiger partial charge >= 0.3 is 0 Å². The van der Waals surface area contributed by atoms with E-state index in [-0.39, 0.29) is 5.75 Å². The van der Waals surface area contributed by atoms with Gasteiger partial charge in [-0.3, -0.25) is 9.78 Å². The Bertz CT molecular complexity index is 972. The number of hydrogen-bond donors (Lipinski definition) is 2. The van der Waals surface area contributed by atoms with E-state index in [1.807, 2.05) is 32.0 Å². The average Bonchev–Trinajstić information content (AvgIpc) is 3.08. The molecular formula is C16H21N5O2S. The Kier molecular flexibility index (Phi) is 4.31. The van der Waals surface area contributed by atoms with Crippen molar-refractivity contribution in [3.05, 3.63) is 41.3 Å². The highest BCUT2D eigenvalue weighted by molar-refractivity contribution is 7.90. The Labute approximate surface area is 141 Å². The third-order valence-electron chi connectivity index (χ3n) is 4.15. The predicted molar refractivity (Wildman–Crippen MR) is 94.8 cm³/mol. The first-order valence-corrected chi connectivity index (χ1v) is 9.78. The lowest BCUT2D eigenvalue weighted by molar-refractivity contribution is 0.581. The number of aromatic amines is 1. The van der Waals surface area contributed by atoms with Gasteiger partial charge in [-0.1, -0.05) is 6.07 Å². The van der Waals surface area contributed by atoms with E-state index in [1.165, 1.54) is 6.26 Å². The number of aryl methyl sites for hydroxylation is 2. The lowest BCUT2D eigenvalue weighted by Crippen LogP contribution is -2.13. The second-order valence-corrected chi connectivity index (χ2v) is 8.25. The molecule has 0 spiro atoms. The van der Waals surface area contributed by atoms with Crippen LogP contribution in [0, 0.1) is 13.8 Å². The lowest BCUT2D eigenvalue weighted by atomic mass is 10.1. The fourth-order valence-corrected chi connectivity index (χ4v) is 3.27. The third-order valence-corrected chi connectivity index (χ3v) is 5.07. The molecule has 2 aromatic heterocycles. The van der Waals surface area contributed by atoms with Gasteiger partial charge in [0.05, 0.1) is 29.7 Å². The highest BCUT2D eigenvalue weighted by atomic mass is 32.2. The molecular weight excluding hydrogens is 326 g/mol. The molecule has 2 heterocycles. The number of aromatic nitrogens is 4. The molecule has 7 nitrogen and oxygen atoms in total. The van der Waals surface area contributed by atoms with E-state index >= 15 is 0 Å². The maximum Gasteiger partial charge on any atom is 0.149 e. The summed E-state index contributed by atoms with van der Waals surface area (Å²) in [5.41, 5.74) is 4.97. The van der Waals surface area contributed by atoms with Gasteiger partial charge in [0, 0.05) is 35.1 Å². The number of benzene rings is 1. The van der Waals surface area contributed by atoms with E-state index in [1.54, 1.807) is 10.9 Å². The quantitative estimate of drug-likeness (QED) is 0.712. The van der Waals surface area contributed by atoms with Crippen molar-refractivity contribution in [1.29, 1.82) is 0 Å². The summed E-state index contributed by atoms with van der Waals surface area (Å²) in [6.45, 7) is 4.92. The Morgan fingerprint density at radius 2 is 2.08 bits per heavy atom. The molecule has 8 heteroatoms. The molecule has 2 N–H and O–H groups in total. The van der Waals surface area contributed by atoms with Gasteiger partial charge in [-0.2, -0.15) is 10.2 Å². The number of anilines is 1. The maximum atomic E-state index is 11.4. The first-order chi connectivity index (χ1) is 11.3. The molecule has 0 saturated heterocycles. The Morgan fingerprint density at radius 1 is 1.29 bits per heavy atom. The molecule has 128 valence electrons. The lowest BCUT2D eigenvalue weighted by Gasteiger charge is -2.09. The normalized spacial score (nSPS) is 12.0. The molecule has 3 rings (SSSR count). The Balaban J connectivity index is 1.78. The van der Waals surface area contributed by atoms with Crippen LogP contribution in [0.3, 0.4) is 0 Å². The van der Waals surface area contributed by atoms with E-state index in [9.17, 15) is 8.42 Å². The molecule has 0 aliphatic carbocycles. The number of nitrogens with one attached hydrogen (secondary N) is 2. The van der Waals surface area contributed by atoms with Crippen LogP contribution in [0.15, 0.2) is 24.4 Å². The van der Waals surface area contributed by atoms with Crippen LogP contribution in [0.1, 0.15) is 17.0 Å². The molecule has 0 amide bonds. The number of sulfone groups is 1. The van der Waals surface area contributed by atoms with Crippen LogP contribution in [0.5, 0.6) is 0 Å². The van der Waals surface area contributed by atoms with E-state index in [0.717, 1.165) is 33.5 Å². The first-order valence-electron chi connectivity index (χ1n) is 7.72. The van der Waals surface area contributed by atoms with Crippen LogP contribution in [-0.4, -0.2) is 40.4 Å². The highest BCUT2D eigenvalue weighted by Gasteiger charge is 2.13. The number of nitrogens with zero attached hydrogens (tertiary/aromatic N) is 3. The highest BCUT2D eigenvalue weighted by Crippen LogP contribution is 2.23. The fraction of sp³-hybridized carbons (Fsp3) is 0.375. The first kappa shape index (κ1) is 16.5. The smallest absolute Gasteiger partial charge is 0.149 e. The zero-order chi connectivity index (χ0) is 17.3. The minimum atomic E-state index is -3.00. The standard InChI is InChI=1S/C16H21N5O2S/c1-11-13(12(2)21(20-11)7-8-24(3,22)23)9-17-15-5-4-6-16-14(15)10-18-19-16/h4-6,10,17H,7-9H2,1-3H3,(H,18,19). The largest absolute Gasteiger partial charge is 0.380 e. The topological polar surface area (TPSA) is 92.7 Å². The second kappa shape index (κ2) is 6.27. The zero-order valence-electron chi connectivity index (χ0n) is 14.0. The maximum absolute atomic E-state index is 11.4. The molecule has 1 aromatic carbocycles. The van der Waals surface area contributed by atoms with Gasteiger partial charge < -0.3 is 5.32 Å². The molecule has 24 heavy (non-hydrogen) atoms. The van der Waals surface area contributed by atoms with Crippen molar-refractivity contribution in [2.75, 3.05) is 17.3 Å². The summed E-state index contributed by atoms with van der Waals surface area (Å²) < 4.78 is 24.5. The van der Waals surface area contributed by atoms with Crippen molar-refractivity contribution >= 4 is 26.4 Å². The number of H-pyrrole nitrogens is 1. The predicted octanol–water partition coefficient (Wildman–Crippen LogP) is 2.03. The van der Waals surface area contributed by atoms with Crippen molar-refractivity contribution in [2.45, 2.75) is 26.9 Å². The van der Waals surface area contributed by atoms with Crippen molar-refractivity contribution in [1.82, 2.24) is 20.0 Å².